The van der Waals surface area contributed by atoms with Gasteiger partial charge in [0.25, 0.3) is 0 Å². The predicted molar refractivity (Wildman–Crippen MR) is 131 cm³/mol. The van der Waals surface area contributed by atoms with Crippen LogP contribution in [-0.2, 0) is 9.84 Å². The average molecular weight is 555 g/mol. The summed E-state index contributed by atoms with van der Waals surface area (Å²) in [5.74, 6) is 0.938. The van der Waals surface area contributed by atoms with Crippen LogP contribution < -0.4 is 15.4 Å². The molecule has 0 saturated heterocycles. The van der Waals surface area contributed by atoms with E-state index in [1.54, 1.807) is 26.8 Å². The molecule has 1 aromatic carbocycles. The molecule has 9 heteroatoms. The third-order valence-electron chi connectivity index (χ3n) is 4.89. The Hall–Kier alpha value is -1.10. The van der Waals surface area contributed by atoms with Gasteiger partial charge in [0.1, 0.15) is 0 Å². The van der Waals surface area contributed by atoms with E-state index in [0.29, 0.717) is 25.0 Å². The zero-order chi connectivity index (χ0) is 21.7. The van der Waals surface area contributed by atoms with E-state index in [1.165, 1.54) is 6.07 Å². The number of guanidine groups is 1. The van der Waals surface area contributed by atoms with Crippen molar-refractivity contribution >= 4 is 39.8 Å². The van der Waals surface area contributed by atoms with Gasteiger partial charge in [-0.3, -0.25) is 4.99 Å². The lowest BCUT2D eigenvalue weighted by Crippen LogP contribution is -2.39. The Kier molecular flexibility index (Phi) is 10.3. The predicted octanol–water partition coefficient (Wildman–Crippen LogP) is 4.06. The van der Waals surface area contributed by atoms with Gasteiger partial charge in [0.2, 0.25) is 0 Å². The lowest BCUT2D eigenvalue weighted by Gasteiger charge is -2.20. The third kappa shape index (κ3) is 8.20. The van der Waals surface area contributed by atoms with Crippen molar-refractivity contribution in [3.05, 3.63) is 29.6 Å². The fraction of sp³-hybridized carbons (Fsp3) is 0.667. The first kappa shape index (κ1) is 26.9. The maximum atomic E-state index is 14.3. The molecule has 1 unspecified atom stereocenters. The van der Waals surface area contributed by atoms with Gasteiger partial charge in [-0.15, -0.1) is 24.0 Å². The molecule has 30 heavy (non-hydrogen) atoms. The van der Waals surface area contributed by atoms with Crippen molar-refractivity contribution in [3.63, 3.8) is 0 Å². The summed E-state index contributed by atoms with van der Waals surface area (Å²) >= 11 is 0. The van der Waals surface area contributed by atoms with Crippen LogP contribution in [0.3, 0.4) is 0 Å². The summed E-state index contributed by atoms with van der Waals surface area (Å²) in [4.78, 5) is 4.37. The molecule has 0 aromatic heterocycles. The van der Waals surface area contributed by atoms with Crippen molar-refractivity contribution < 1.29 is 17.5 Å². The van der Waals surface area contributed by atoms with Gasteiger partial charge in [-0.05, 0) is 71.1 Å². The van der Waals surface area contributed by atoms with E-state index >= 15 is 0 Å². The lowest BCUT2D eigenvalue weighted by molar-refractivity contribution is 0.285. The molecule has 2 rings (SSSR count). The molecule has 1 atom stereocenters. The summed E-state index contributed by atoms with van der Waals surface area (Å²) < 4.78 is 43.6. The number of hydrogen-bond acceptors (Lipinski definition) is 4. The molecule has 1 aliphatic rings. The maximum absolute atomic E-state index is 14.3. The first-order valence-electron chi connectivity index (χ1n) is 10.2. The molecule has 0 radical (unpaired) electrons. The van der Waals surface area contributed by atoms with E-state index in [0.717, 1.165) is 18.4 Å². The molecule has 1 aromatic rings. The Morgan fingerprint density at radius 1 is 1.33 bits per heavy atom. The maximum Gasteiger partial charge on any atom is 0.191 e. The van der Waals surface area contributed by atoms with Gasteiger partial charge in [0.05, 0.1) is 29.7 Å². The Morgan fingerprint density at radius 2 is 2.00 bits per heavy atom. The molecular formula is C21H35FIN3O3S. The molecule has 0 bridgehead atoms. The number of rotatable bonds is 9. The molecule has 0 aliphatic heterocycles. The average Bonchev–Trinajstić information content (AvgIpc) is 3.44. The number of benzene rings is 1. The Bertz CT molecular complexity index is 821. The summed E-state index contributed by atoms with van der Waals surface area (Å²) in [6, 6.07) is 4.74. The number of hydrogen-bond donors (Lipinski definition) is 2. The highest BCUT2D eigenvalue weighted by Crippen LogP contribution is 2.30. The number of sulfone groups is 1. The molecule has 0 heterocycles. The van der Waals surface area contributed by atoms with E-state index in [2.05, 4.69) is 15.6 Å². The van der Waals surface area contributed by atoms with Crippen LogP contribution in [0.5, 0.6) is 5.75 Å². The van der Waals surface area contributed by atoms with Crippen molar-refractivity contribution in [2.75, 3.05) is 25.4 Å². The highest BCUT2D eigenvalue weighted by atomic mass is 127. The first-order valence-corrected chi connectivity index (χ1v) is 11.9. The minimum Gasteiger partial charge on any atom is -0.490 e. The quantitative estimate of drug-likeness (QED) is 0.273. The molecule has 172 valence electrons. The standard InChI is InChI=1S/C21H34FN3O3S.HI/c1-6-23-20(24-11-12-29(26,27)21(3,4)5)25-15(2)17-9-10-19(18(22)13-17)28-14-16-7-8-16;/h9-10,13,15-16H,6-8,11-12,14H2,1-5H3,(H2,23,24,25);1H. The number of ether oxygens (including phenoxy) is 1. The van der Waals surface area contributed by atoms with E-state index in [4.69, 9.17) is 4.74 Å². The van der Waals surface area contributed by atoms with Crippen molar-refractivity contribution in [3.8, 4) is 5.75 Å². The summed E-state index contributed by atoms with van der Waals surface area (Å²) in [6.07, 6.45) is 2.31. The Morgan fingerprint density at radius 3 is 2.53 bits per heavy atom. The van der Waals surface area contributed by atoms with E-state index in [-0.39, 0.29) is 53.9 Å². The summed E-state index contributed by atoms with van der Waals surface area (Å²) in [5, 5.41) is 6.30. The van der Waals surface area contributed by atoms with Gasteiger partial charge < -0.3 is 15.4 Å². The summed E-state index contributed by atoms with van der Waals surface area (Å²) in [6.45, 7) is 10.2. The highest BCUT2D eigenvalue weighted by Gasteiger charge is 2.28. The van der Waals surface area contributed by atoms with Crippen LogP contribution in [0, 0.1) is 11.7 Å². The molecule has 1 saturated carbocycles. The van der Waals surface area contributed by atoms with Gasteiger partial charge in [0.15, 0.2) is 27.4 Å². The minimum absolute atomic E-state index is 0. The number of nitrogens with one attached hydrogen (secondary N) is 2. The second-order valence-electron chi connectivity index (χ2n) is 8.50. The van der Waals surface area contributed by atoms with Crippen LogP contribution in [-0.4, -0.2) is 44.6 Å². The van der Waals surface area contributed by atoms with Gasteiger partial charge in [-0.1, -0.05) is 6.07 Å². The van der Waals surface area contributed by atoms with Gasteiger partial charge in [-0.25, -0.2) is 12.8 Å². The van der Waals surface area contributed by atoms with Crippen molar-refractivity contribution in [1.29, 1.82) is 0 Å². The third-order valence-corrected chi connectivity index (χ3v) is 7.47. The fourth-order valence-electron chi connectivity index (χ4n) is 2.59. The minimum atomic E-state index is -3.23. The molecular weight excluding hydrogens is 520 g/mol. The molecule has 6 nitrogen and oxygen atoms in total. The van der Waals surface area contributed by atoms with Crippen LogP contribution in [0.1, 0.15) is 59.1 Å². The number of nitrogens with zero attached hydrogens (tertiary/aromatic N) is 1. The van der Waals surface area contributed by atoms with Gasteiger partial charge >= 0.3 is 0 Å². The summed E-state index contributed by atoms with van der Waals surface area (Å²) in [7, 11) is -3.23. The molecule has 2 N–H and O–H groups in total. The Labute approximate surface area is 197 Å². The largest absolute Gasteiger partial charge is 0.490 e. The van der Waals surface area contributed by atoms with Crippen molar-refractivity contribution in [2.24, 2.45) is 10.9 Å². The zero-order valence-electron chi connectivity index (χ0n) is 18.5. The van der Waals surface area contributed by atoms with Crippen molar-refractivity contribution in [1.82, 2.24) is 10.6 Å². The highest BCUT2D eigenvalue weighted by molar-refractivity contribution is 14.0. The second kappa shape index (κ2) is 11.5. The van der Waals surface area contributed by atoms with Crippen molar-refractivity contribution in [2.45, 2.75) is 58.2 Å². The van der Waals surface area contributed by atoms with Crippen LogP contribution in [0.25, 0.3) is 0 Å². The molecule has 0 amide bonds. The van der Waals surface area contributed by atoms with Gasteiger partial charge in [0, 0.05) is 6.54 Å². The summed E-state index contributed by atoms with van der Waals surface area (Å²) in [5.41, 5.74) is 0.759. The zero-order valence-corrected chi connectivity index (χ0v) is 21.6. The van der Waals surface area contributed by atoms with E-state index in [9.17, 15) is 12.8 Å². The van der Waals surface area contributed by atoms with Crippen LogP contribution >= 0.6 is 24.0 Å². The molecule has 1 aliphatic carbocycles. The second-order valence-corrected chi connectivity index (χ2v) is 11.4. The topological polar surface area (TPSA) is 79.8 Å². The lowest BCUT2D eigenvalue weighted by atomic mass is 10.1. The first-order chi connectivity index (χ1) is 13.5. The SMILES string of the molecule is CCNC(=NCCS(=O)(=O)C(C)(C)C)NC(C)c1ccc(OCC2CC2)c(F)c1.I. The fourth-order valence-corrected chi connectivity index (χ4v) is 3.53. The monoisotopic (exact) mass is 555 g/mol. The van der Waals surface area contributed by atoms with E-state index < -0.39 is 14.6 Å². The normalized spacial score (nSPS) is 15.9. The number of halogens is 2. The molecule has 0 spiro atoms. The Balaban J connectivity index is 0.00000450. The van der Waals surface area contributed by atoms with Crippen LogP contribution in [0.15, 0.2) is 23.2 Å². The van der Waals surface area contributed by atoms with Crippen LogP contribution in [0.4, 0.5) is 4.39 Å². The van der Waals surface area contributed by atoms with E-state index in [1.807, 2.05) is 19.9 Å². The van der Waals surface area contributed by atoms with Crippen LogP contribution in [0.2, 0.25) is 0 Å². The molecule has 1 fully saturated rings. The smallest absolute Gasteiger partial charge is 0.191 e. The number of aliphatic imine (C=N–C) groups is 1. The van der Waals surface area contributed by atoms with Gasteiger partial charge in [-0.2, -0.15) is 0 Å².